The van der Waals surface area contributed by atoms with Crippen molar-refractivity contribution in [1.29, 1.82) is 0 Å². The summed E-state index contributed by atoms with van der Waals surface area (Å²) in [6, 6.07) is 14.7. The van der Waals surface area contributed by atoms with Crippen LogP contribution in [0.3, 0.4) is 0 Å². The van der Waals surface area contributed by atoms with Crippen molar-refractivity contribution in [2.75, 3.05) is 4.90 Å². The van der Waals surface area contributed by atoms with Crippen LogP contribution in [-0.4, -0.2) is 21.2 Å². The van der Waals surface area contributed by atoms with Gasteiger partial charge in [0.05, 0.1) is 29.9 Å². The second-order valence-corrected chi connectivity index (χ2v) is 8.94. The number of anilines is 1. The Morgan fingerprint density at radius 2 is 1.80 bits per heavy atom. The molecule has 4 rings (SSSR count). The van der Waals surface area contributed by atoms with Gasteiger partial charge in [-0.05, 0) is 64.3 Å². The maximum Gasteiger partial charge on any atom is 0.151 e. The Morgan fingerprint density at radius 3 is 2.51 bits per heavy atom. The van der Waals surface area contributed by atoms with Gasteiger partial charge in [0, 0.05) is 17.5 Å². The average Bonchev–Trinajstić information content (AvgIpc) is 3.22. The van der Waals surface area contributed by atoms with Gasteiger partial charge in [0.1, 0.15) is 11.5 Å². The van der Waals surface area contributed by atoms with Crippen LogP contribution >= 0.6 is 0 Å². The zero-order valence-electron chi connectivity index (χ0n) is 21.5. The third-order valence-electron chi connectivity index (χ3n) is 6.52. The predicted octanol–water partition coefficient (Wildman–Crippen LogP) is 6.44. The number of rotatable bonds is 6. The maximum atomic E-state index is 6.29. The molecule has 35 heavy (non-hydrogen) atoms. The Hall–Kier alpha value is -3.93. The molecule has 0 fully saturated rings. The molecule has 1 aliphatic rings. The Balaban J connectivity index is 1.81. The molecule has 0 radical (unpaired) electrons. The molecular formula is C29H34N6. The summed E-state index contributed by atoms with van der Waals surface area (Å²) in [6.45, 7) is 13.1. The van der Waals surface area contributed by atoms with Crippen LogP contribution in [-0.2, 0) is 6.54 Å². The average molecular weight is 467 g/mol. The molecule has 0 bridgehead atoms. The first kappa shape index (κ1) is 24.2. The Labute approximate surface area is 208 Å². The molecule has 0 spiro atoms. The summed E-state index contributed by atoms with van der Waals surface area (Å²) in [5, 5.41) is 0. The van der Waals surface area contributed by atoms with Crippen LogP contribution in [0.5, 0.6) is 0 Å². The van der Waals surface area contributed by atoms with E-state index in [9.17, 15) is 0 Å². The molecule has 0 atom stereocenters. The summed E-state index contributed by atoms with van der Waals surface area (Å²) >= 11 is 0. The summed E-state index contributed by atoms with van der Waals surface area (Å²) in [7, 11) is 0. The van der Waals surface area contributed by atoms with Gasteiger partial charge in [0.2, 0.25) is 0 Å². The van der Waals surface area contributed by atoms with Crippen LogP contribution < -0.4 is 10.6 Å². The molecule has 0 unspecified atom stereocenters. The molecule has 1 aromatic heterocycles. The third-order valence-corrected chi connectivity index (χ3v) is 6.52. The third kappa shape index (κ3) is 4.69. The first-order chi connectivity index (χ1) is 16.8. The lowest BCUT2D eigenvalue weighted by atomic mass is 9.98. The van der Waals surface area contributed by atoms with Crippen molar-refractivity contribution >= 4 is 28.7 Å². The SMILES string of the molecule is CC=C1c2c(C)cccc2N=C(Cn2cnc(C(N)=NC=C(C)CC)c2C)N1c1ccccc1C. The minimum atomic E-state index is 0.422. The molecule has 1 aliphatic heterocycles. The normalized spacial score (nSPS) is 15.4. The fourth-order valence-electron chi connectivity index (χ4n) is 4.32. The lowest BCUT2D eigenvalue weighted by molar-refractivity contribution is 0.807. The largest absolute Gasteiger partial charge is 0.382 e. The number of aromatic nitrogens is 2. The second kappa shape index (κ2) is 10.1. The minimum absolute atomic E-state index is 0.422. The van der Waals surface area contributed by atoms with Gasteiger partial charge < -0.3 is 10.3 Å². The summed E-state index contributed by atoms with van der Waals surface area (Å²) < 4.78 is 2.09. The van der Waals surface area contributed by atoms with Crippen LogP contribution in [0.1, 0.15) is 55.3 Å². The molecule has 0 saturated heterocycles. The van der Waals surface area contributed by atoms with E-state index in [0.29, 0.717) is 18.1 Å². The Kier molecular flexibility index (Phi) is 7.01. The van der Waals surface area contributed by atoms with Crippen LogP contribution in [0.2, 0.25) is 0 Å². The zero-order chi connectivity index (χ0) is 25.1. The lowest BCUT2D eigenvalue weighted by Gasteiger charge is -2.35. The van der Waals surface area contributed by atoms with E-state index < -0.39 is 0 Å². The van der Waals surface area contributed by atoms with E-state index in [0.717, 1.165) is 35.0 Å². The zero-order valence-corrected chi connectivity index (χ0v) is 21.5. The van der Waals surface area contributed by atoms with Crippen LogP contribution in [0.15, 0.2) is 76.6 Å². The number of aliphatic imine (C=N–C) groups is 2. The topological polar surface area (TPSA) is 71.8 Å². The first-order valence-electron chi connectivity index (χ1n) is 12.1. The van der Waals surface area contributed by atoms with E-state index in [1.807, 2.05) is 26.4 Å². The summed E-state index contributed by atoms with van der Waals surface area (Å²) in [6.07, 6.45) is 6.75. The van der Waals surface area contributed by atoms with E-state index in [1.165, 1.54) is 22.3 Å². The van der Waals surface area contributed by atoms with Crippen molar-refractivity contribution < 1.29 is 0 Å². The number of para-hydroxylation sites is 1. The smallest absolute Gasteiger partial charge is 0.151 e. The predicted molar refractivity (Wildman–Crippen MR) is 147 cm³/mol. The quantitative estimate of drug-likeness (QED) is 0.336. The van der Waals surface area contributed by atoms with E-state index >= 15 is 0 Å². The molecule has 0 saturated carbocycles. The van der Waals surface area contributed by atoms with E-state index in [-0.39, 0.29) is 0 Å². The van der Waals surface area contributed by atoms with Gasteiger partial charge in [-0.15, -0.1) is 0 Å². The van der Waals surface area contributed by atoms with E-state index in [1.54, 1.807) is 0 Å². The van der Waals surface area contributed by atoms with Gasteiger partial charge in [-0.2, -0.15) is 0 Å². The Morgan fingerprint density at radius 1 is 1.06 bits per heavy atom. The van der Waals surface area contributed by atoms with Crippen LogP contribution in [0.25, 0.3) is 5.70 Å². The highest BCUT2D eigenvalue weighted by Gasteiger charge is 2.28. The van der Waals surface area contributed by atoms with Gasteiger partial charge in [-0.25, -0.2) is 15.0 Å². The molecule has 0 amide bonds. The standard InChI is InChI=1S/C29H34N6/c1-7-19(3)16-31-29(30)28-22(6)34(18-32-28)17-26-33-23-14-11-13-21(5)27(23)24(8-2)35(26)25-15-10-9-12-20(25)4/h8-16,18H,7,17H2,1-6H3,(H2,30,31). The number of fused-ring (bicyclic) bond motifs is 1. The number of aryl methyl sites for hydroxylation is 2. The van der Waals surface area contributed by atoms with Crippen molar-refractivity contribution in [2.45, 2.75) is 54.5 Å². The number of imidazole rings is 1. The van der Waals surface area contributed by atoms with Crippen molar-refractivity contribution in [3.05, 3.63) is 94.7 Å². The number of allylic oxidation sites excluding steroid dienone is 2. The Bertz CT molecular complexity index is 1370. The number of benzene rings is 2. The molecule has 2 heterocycles. The van der Waals surface area contributed by atoms with Gasteiger partial charge in [-0.3, -0.25) is 4.90 Å². The maximum absolute atomic E-state index is 6.29. The van der Waals surface area contributed by atoms with Crippen molar-refractivity contribution in [2.24, 2.45) is 15.7 Å². The van der Waals surface area contributed by atoms with Gasteiger partial charge >= 0.3 is 0 Å². The fourth-order valence-corrected chi connectivity index (χ4v) is 4.32. The molecular weight excluding hydrogens is 432 g/mol. The highest BCUT2D eigenvalue weighted by Crippen LogP contribution is 2.40. The highest BCUT2D eigenvalue weighted by molar-refractivity contribution is 6.14. The summed E-state index contributed by atoms with van der Waals surface area (Å²) in [5.74, 6) is 1.35. The molecule has 180 valence electrons. The number of amidine groups is 2. The minimum Gasteiger partial charge on any atom is -0.382 e. The lowest BCUT2D eigenvalue weighted by Crippen LogP contribution is -2.35. The van der Waals surface area contributed by atoms with E-state index in [2.05, 4.69) is 95.7 Å². The number of nitrogens with zero attached hydrogens (tertiary/aromatic N) is 5. The second-order valence-electron chi connectivity index (χ2n) is 8.94. The number of hydrogen-bond donors (Lipinski definition) is 1. The molecule has 6 heteroatoms. The van der Waals surface area contributed by atoms with Gasteiger partial charge in [-0.1, -0.05) is 48.9 Å². The fraction of sp³-hybridized carbons (Fsp3) is 0.276. The van der Waals surface area contributed by atoms with Gasteiger partial charge in [0.15, 0.2) is 5.84 Å². The first-order valence-corrected chi connectivity index (χ1v) is 12.1. The van der Waals surface area contributed by atoms with Crippen LogP contribution in [0.4, 0.5) is 11.4 Å². The number of nitrogens with two attached hydrogens (primary N) is 1. The van der Waals surface area contributed by atoms with Crippen LogP contribution in [0, 0.1) is 20.8 Å². The monoisotopic (exact) mass is 466 g/mol. The molecule has 6 nitrogen and oxygen atoms in total. The molecule has 3 aromatic rings. The van der Waals surface area contributed by atoms with Crippen molar-refractivity contribution in [3.63, 3.8) is 0 Å². The molecule has 0 aliphatic carbocycles. The van der Waals surface area contributed by atoms with Gasteiger partial charge in [0.25, 0.3) is 0 Å². The highest BCUT2D eigenvalue weighted by atomic mass is 15.3. The summed E-state index contributed by atoms with van der Waals surface area (Å²) in [5.41, 5.74) is 15.9. The molecule has 2 N–H and O–H groups in total. The van der Waals surface area contributed by atoms with Crippen molar-refractivity contribution in [1.82, 2.24) is 9.55 Å². The summed E-state index contributed by atoms with van der Waals surface area (Å²) in [4.78, 5) is 16.4. The van der Waals surface area contributed by atoms with E-state index in [4.69, 9.17) is 10.7 Å². The van der Waals surface area contributed by atoms with Crippen molar-refractivity contribution in [3.8, 4) is 0 Å². The number of hydrogen-bond acceptors (Lipinski definition) is 4. The molecule has 2 aromatic carbocycles.